The zero-order chi connectivity index (χ0) is 21.2. The summed E-state index contributed by atoms with van der Waals surface area (Å²) in [7, 11) is 0. The summed E-state index contributed by atoms with van der Waals surface area (Å²) in [5.41, 5.74) is 5.81. The Hall–Kier alpha value is -2.75. The summed E-state index contributed by atoms with van der Waals surface area (Å²) in [6, 6.07) is 29.8. The van der Waals surface area contributed by atoms with Crippen molar-refractivity contribution in [3.63, 3.8) is 0 Å². The van der Waals surface area contributed by atoms with Crippen LogP contribution in [0.1, 0.15) is 47.2 Å². The molecule has 3 saturated heterocycles. The molecule has 3 nitrogen and oxygen atoms in total. The first-order chi connectivity index (χ1) is 15.2. The minimum Gasteiger partial charge on any atom is -0.368 e. The van der Waals surface area contributed by atoms with Gasteiger partial charge in [-0.1, -0.05) is 90.5 Å². The molecule has 3 aromatic rings. The first-order valence-electron chi connectivity index (χ1n) is 11.4. The average Bonchev–Trinajstić information content (AvgIpc) is 2.82. The van der Waals surface area contributed by atoms with Crippen molar-refractivity contribution in [1.82, 2.24) is 4.90 Å². The fourth-order valence-electron chi connectivity index (χ4n) is 5.39. The van der Waals surface area contributed by atoms with Crippen molar-refractivity contribution in [2.45, 2.75) is 38.0 Å². The molecule has 0 aromatic heterocycles. The second-order valence-corrected chi connectivity index (χ2v) is 8.90. The summed E-state index contributed by atoms with van der Waals surface area (Å²) in [5.74, 6) is 0.651. The van der Waals surface area contributed by atoms with Gasteiger partial charge in [0.05, 0.1) is 6.04 Å². The van der Waals surface area contributed by atoms with Crippen LogP contribution in [0.2, 0.25) is 0 Å². The molecule has 3 aliphatic heterocycles. The van der Waals surface area contributed by atoms with Crippen molar-refractivity contribution in [1.29, 1.82) is 0 Å². The molecular weight excluding hydrogens is 380 g/mol. The van der Waals surface area contributed by atoms with E-state index in [1.54, 1.807) is 0 Å². The molecule has 2 atom stereocenters. The third-order valence-electron chi connectivity index (χ3n) is 6.89. The van der Waals surface area contributed by atoms with Crippen molar-refractivity contribution in [3.05, 3.63) is 107 Å². The van der Waals surface area contributed by atoms with Crippen molar-refractivity contribution in [2.75, 3.05) is 13.1 Å². The van der Waals surface area contributed by atoms with Crippen LogP contribution in [-0.2, 0) is 0 Å². The summed E-state index contributed by atoms with van der Waals surface area (Å²) >= 11 is 0. The van der Waals surface area contributed by atoms with Gasteiger partial charge in [0.1, 0.15) is 0 Å². The van der Waals surface area contributed by atoms with Gasteiger partial charge < -0.3 is 5.11 Å². The average molecular weight is 411 g/mol. The Balaban J connectivity index is 1.60. The second kappa shape index (κ2) is 8.78. The van der Waals surface area contributed by atoms with Crippen LogP contribution in [-0.4, -0.2) is 34.8 Å². The number of aliphatic hydroxyl groups is 1. The molecule has 3 aliphatic rings. The number of hydrogen-bond donors (Lipinski definition) is 1. The topological polar surface area (TPSA) is 35.8 Å². The van der Waals surface area contributed by atoms with Crippen LogP contribution in [0.4, 0.5) is 0 Å². The van der Waals surface area contributed by atoms with Crippen LogP contribution in [0.15, 0.2) is 89.9 Å². The lowest BCUT2D eigenvalue weighted by Gasteiger charge is -2.50. The van der Waals surface area contributed by atoms with Gasteiger partial charge in [0.2, 0.25) is 0 Å². The number of nitrogens with zero attached hydrogens (tertiary/aromatic N) is 2. The van der Waals surface area contributed by atoms with E-state index in [0.717, 1.165) is 37.1 Å². The van der Waals surface area contributed by atoms with Crippen LogP contribution in [0, 0.1) is 12.8 Å². The van der Waals surface area contributed by atoms with Gasteiger partial charge in [-0.25, -0.2) is 0 Å². The summed E-state index contributed by atoms with van der Waals surface area (Å²) in [6.07, 6.45) is 1.45. The third-order valence-corrected chi connectivity index (χ3v) is 6.89. The maximum atomic E-state index is 11.1. The zero-order valence-corrected chi connectivity index (χ0v) is 18.1. The van der Waals surface area contributed by atoms with Gasteiger partial charge in [-0.3, -0.25) is 9.89 Å². The number of aliphatic hydroxyl groups excluding tert-OH is 1. The Morgan fingerprint density at radius 2 is 1.39 bits per heavy atom. The van der Waals surface area contributed by atoms with E-state index in [4.69, 9.17) is 4.99 Å². The smallest absolute Gasteiger partial charge is 0.171 e. The molecule has 2 bridgehead atoms. The Kier molecular flexibility index (Phi) is 5.71. The van der Waals surface area contributed by atoms with Gasteiger partial charge in [0.15, 0.2) is 6.23 Å². The van der Waals surface area contributed by atoms with Gasteiger partial charge in [-0.15, -0.1) is 0 Å². The molecule has 0 spiro atoms. The highest BCUT2D eigenvalue weighted by Gasteiger charge is 2.44. The van der Waals surface area contributed by atoms with E-state index in [0.29, 0.717) is 5.92 Å². The summed E-state index contributed by atoms with van der Waals surface area (Å²) in [5, 5.41) is 11.1. The number of rotatable bonds is 5. The largest absolute Gasteiger partial charge is 0.368 e. The number of fused-ring (bicyclic) bond motifs is 3. The predicted octanol–water partition coefficient (Wildman–Crippen LogP) is 5.35. The van der Waals surface area contributed by atoms with Gasteiger partial charge in [-0.2, -0.15) is 0 Å². The highest BCUT2D eigenvalue weighted by atomic mass is 16.3. The molecule has 1 N–H and O–H groups in total. The fraction of sp³-hybridized carbons (Fsp3) is 0.321. The Labute approximate surface area is 185 Å². The van der Waals surface area contributed by atoms with E-state index in [1.165, 1.54) is 16.8 Å². The Morgan fingerprint density at radius 1 is 0.806 bits per heavy atom. The lowest BCUT2D eigenvalue weighted by atomic mass is 9.72. The fourth-order valence-corrected chi connectivity index (χ4v) is 5.39. The number of benzene rings is 3. The van der Waals surface area contributed by atoms with E-state index in [2.05, 4.69) is 78.6 Å². The van der Waals surface area contributed by atoms with Crippen molar-refractivity contribution in [3.8, 4) is 0 Å². The molecule has 3 fully saturated rings. The van der Waals surface area contributed by atoms with Crippen molar-refractivity contribution in [2.24, 2.45) is 10.9 Å². The van der Waals surface area contributed by atoms with Crippen molar-refractivity contribution < 1.29 is 5.11 Å². The third kappa shape index (κ3) is 4.08. The minimum absolute atomic E-state index is 0.178. The molecule has 2 unspecified atom stereocenters. The number of aryl methyl sites for hydroxylation is 1. The number of hydrogen-bond acceptors (Lipinski definition) is 3. The Morgan fingerprint density at radius 3 is 1.97 bits per heavy atom. The standard InChI is InChI=1S/C28H30N2O/c1-20-9-8-14-24(19-20)28(31)29-26-23-15-17-30(18-16-23)27(26)25(21-10-4-2-5-11-21)22-12-6-3-7-13-22/h2-14,19,23,25,27-28,31H,15-18H2,1H3. The first-order valence-corrected chi connectivity index (χ1v) is 11.4. The van der Waals surface area contributed by atoms with Crippen LogP contribution < -0.4 is 0 Å². The van der Waals surface area contributed by atoms with E-state index in [1.807, 2.05) is 18.2 Å². The maximum Gasteiger partial charge on any atom is 0.171 e. The monoisotopic (exact) mass is 410 g/mol. The second-order valence-electron chi connectivity index (χ2n) is 8.90. The molecule has 0 radical (unpaired) electrons. The summed E-state index contributed by atoms with van der Waals surface area (Å²) in [6.45, 7) is 4.26. The van der Waals surface area contributed by atoms with E-state index < -0.39 is 6.23 Å². The molecule has 0 saturated carbocycles. The van der Waals surface area contributed by atoms with E-state index >= 15 is 0 Å². The molecule has 31 heavy (non-hydrogen) atoms. The summed E-state index contributed by atoms with van der Waals surface area (Å²) in [4.78, 5) is 7.60. The van der Waals surface area contributed by atoms with Crippen LogP contribution >= 0.6 is 0 Å². The molecule has 6 rings (SSSR count). The first kappa shape index (κ1) is 20.2. The molecule has 158 valence electrons. The highest BCUT2D eigenvalue weighted by Crippen LogP contribution is 2.41. The minimum atomic E-state index is -0.815. The van der Waals surface area contributed by atoms with Crippen molar-refractivity contribution >= 4 is 5.71 Å². The normalized spacial score (nSPS) is 25.1. The van der Waals surface area contributed by atoms with Gasteiger partial charge >= 0.3 is 0 Å². The highest BCUT2D eigenvalue weighted by molar-refractivity contribution is 5.94. The molecule has 0 aliphatic carbocycles. The van der Waals surface area contributed by atoms with E-state index in [9.17, 15) is 5.11 Å². The predicted molar refractivity (Wildman–Crippen MR) is 126 cm³/mol. The van der Waals surface area contributed by atoms with Gasteiger partial charge in [0, 0.05) is 23.1 Å². The van der Waals surface area contributed by atoms with Crippen LogP contribution in [0.3, 0.4) is 0 Å². The molecule has 0 amide bonds. The lowest BCUT2D eigenvalue weighted by Crippen LogP contribution is -2.58. The van der Waals surface area contributed by atoms with Gasteiger partial charge in [-0.05, 0) is 44.0 Å². The number of piperidine rings is 3. The van der Waals surface area contributed by atoms with E-state index in [-0.39, 0.29) is 12.0 Å². The van der Waals surface area contributed by atoms with Crippen LogP contribution in [0.25, 0.3) is 0 Å². The summed E-state index contributed by atoms with van der Waals surface area (Å²) < 4.78 is 0. The zero-order valence-electron chi connectivity index (χ0n) is 18.1. The molecule has 3 aromatic carbocycles. The lowest BCUT2D eigenvalue weighted by molar-refractivity contribution is 0.128. The molecular formula is C28H30N2O. The number of aliphatic imine (C=N–C) groups is 1. The molecule has 3 heterocycles. The molecule has 3 heteroatoms. The van der Waals surface area contributed by atoms with Gasteiger partial charge in [0.25, 0.3) is 0 Å². The maximum absolute atomic E-state index is 11.1. The quantitative estimate of drug-likeness (QED) is 0.615. The Bertz CT molecular complexity index is 999. The van der Waals surface area contributed by atoms with Crippen LogP contribution in [0.5, 0.6) is 0 Å². The SMILES string of the molecule is Cc1cccc(C(O)N=C2C3CCN(CC3)C2C(c2ccccc2)c2ccccc2)c1.